The van der Waals surface area contributed by atoms with Crippen LogP contribution >= 0.6 is 0 Å². The Kier molecular flexibility index (Phi) is 4.34. The summed E-state index contributed by atoms with van der Waals surface area (Å²) in [7, 11) is 0. The minimum Gasteiger partial charge on any atom is -0.444 e. The van der Waals surface area contributed by atoms with Crippen molar-refractivity contribution in [1.29, 1.82) is 0 Å². The van der Waals surface area contributed by atoms with Gasteiger partial charge in [-0.15, -0.1) is 0 Å². The molecule has 28 heavy (non-hydrogen) atoms. The Morgan fingerprint density at radius 1 is 1.21 bits per heavy atom. The summed E-state index contributed by atoms with van der Waals surface area (Å²) in [6, 6.07) is 8.19. The lowest BCUT2D eigenvalue weighted by Gasteiger charge is -2.23. The molecule has 144 valence electrons. The van der Waals surface area contributed by atoms with Crippen LogP contribution in [0.4, 0.5) is 0 Å². The molecule has 4 rings (SSSR count). The molecule has 3 heterocycles. The van der Waals surface area contributed by atoms with Crippen molar-refractivity contribution in [3.8, 4) is 5.69 Å². The number of nitrogens with zero attached hydrogens (tertiary/aromatic N) is 1. The SMILES string of the molecule is Cc1oc2[nH]c(=O)n(-c3ccccc3)c(=O)c2c1C(=O)NC1CCC(=O)NC1. The maximum absolute atomic E-state index is 13.1. The third-order valence-electron chi connectivity index (χ3n) is 4.77. The maximum atomic E-state index is 13.1. The number of para-hydroxylation sites is 1. The molecule has 1 aliphatic rings. The van der Waals surface area contributed by atoms with Crippen molar-refractivity contribution in [3.63, 3.8) is 0 Å². The maximum Gasteiger partial charge on any atom is 0.335 e. The number of furan rings is 1. The van der Waals surface area contributed by atoms with Gasteiger partial charge in [-0.05, 0) is 25.5 Å². The molecule has 1 atom stereocenters. The number of rotatable bonds is 3. The zero-order chi connectivity index (χ0) is 19.8. The normalized spacial score (nSPS) is 16.8. The van der Waals surface area contributed by atoms with E-state index >= 15 is 0 Å². The lowest BCUT2D eigenvalue weighted by atomic mass is 10.1. The van der Waals surface area contributed by atoms with Crippen LogP contribution < -0.4 is 21.9 Å². The number of aryl methyl sites for hydroxylation is 1. The molecule has 1 aliphatic heterocycles. The molecule has 2 amide bonds. The zero-order valence-corrected chi connectivity index (χ0v) is 15.1. The van der Waals surface area contributed by atoms with Gasteiger partial charge in [0.05, 0.1) is 11.3 Å². The molecule has 0 spiro atoms. The Morgan fingerprint density at radius 2 is 1.96 bits per heavy atom. The Hall–Kier alpha value is -3.62. The molecule has 3 aromatic rings. The fourth-order valence-corrected chi connectivity index (χ4v) is 3.39. The van der Waals surface area contributed by atoms with E-state index in [9.17, 15) is 19.2 Å². The molecule has 0 aliphatic carbocycles. The van der Waals surface area contributed by atoms with Gasteiger partial charge in [0.2, 0.25) is 11.6 Å². The summed E-state index contributed by atoms with van der Waals surface area (Å²) in [6.45, 7) is 1.88. The van der Waals surface area contributed by atoms with Crippen LogP contribution in [0, 0.1) is 6.92 Å². The second-order valence-electron chi connectivity index (χ2n) is 6.66. The molecule has 9 heteroatoms. The van der Waals surface area contributed by atoms with Gasteiger partial charge in [0.25, 0.3) is 11.5 Å². The van der Waals surface area contributed by atoms with E-state index in [1.165, 1.54) is 0 Å². The fraction of sp³-hybridized carbons (Fsp3) is 0.263. The quantitative estimate of drug-likeness (QED) is 0.611. The molecule has 3 N–H and O–H groups in total. The number of aromatic nitrogens is 2. The number of piperidine rings is 1. The molecule has 1 aromatic carbocycles. The van der Waals surface area contributed by atoms with Crippen LogP contribution in [0.25, 0.3) is 16.8 Å². The monoisotopic (exact) mass is 382 g/mol. The van der Waals surface area contributed by atoms with E-state index < -0.39 is 17.2 Å². The largest absolute Gasteiger partial charge is 0.444 e. The number of aromatic amines is 1. The minimum atomic E-state index is -0.653. The number of nitrogens with one attached hydrogen (secondary N) is 3. The topological polar surface area (TPSA) is 126 Å². The van der Waals surface area contributed by atoms with Gasteiger partial charge in [0.1, 0.15) is 11.1 Å². The highest BCUT2D eigenvalue weighted by molar-refractivity contribution is 6.06. The number of fused-ring (bicyclic) bond motifs is 1. The third-order valence-corrected chi connectivity index (χ3v) is 4.77. The fourth-order valence-electron chi connectivity index (χ4n) is 3.39. The van der Waals surface area contributed by atoms with Crippen molar-refractivity contribution in [2.75, 3.05) is 6.54 Å². The molecule has 1 unspecified atom stereocenters. The molecule has 0 saturated carbocycles. The second kappa shape index (κ2) is 6.84. The third kappa shape index (κ3) is 3.00. The average Bonchev–Trinajstić information content (AvgIpc) is 3.00. The summed E-state index contributed by atoms with van der Waals surface area (Å²) in [4.78, 5) is 52.1. The van der Waals surface area contributed by atoms with E-state index in [4.69, 9.17) is 4.42 Å². The molecular formula is C19H18N4O5. The van der Waals surface area contributed by atoms with Crippen LogP contribution in [0.1, 0.15) is 29.0 Å². The van der Waals surface area contributed by atoms with Crippen LogP contribution in [-0.4, -0.2) is 34.0 Å². The van der Waals surface area contributed by atoms with Crippen LogP contribution in [0.3, 0.4) is 0 Å². The van der Waals surface area contributed by atoms with E-state index in [2.05, 4.69) is 15.6 Å². The first-order valence-corrected chi connectivity index (χ1v) is 8.87. The Bertz CT molecular complexity index is 1180. The number of carbonyl (C=O) groups is 2. The summed E-state index contributed by atoms with van der Waals surface area (Å²) < 4.78 is 6.45. The van der Waals surface area contributed by atoms with Gasteiger partial charge < -0.3 is 15.1 Å². The summed E-state index contributed by atoms with van der Waals surface area (Å²) in [5.74, 6) is -0.314. The van der Waals surface area contributed by atoms with Crippen molar-refractivity contribution in [3.05, 3.63) is 62.5 Å². The standard InChI is InChI=1S/C19H18N4O5/c1-10-14(16(25)21-11-7-8-13(24)20-9-11)15-17(28-10)22-19(27)23(18(15)26)12-5-3-2-4-6-12/h2-6,11H,7-9H2,1H3,(H,20,24)(H,21,25)(H,22,27). The van der Waals surface area contributed by atoms with E-state index in [1.807, 2.05) is 0 Å². The van der Waals surface area contributed by atoms with Gasteiger partial charge in [-0.2, -0.15) is 0 Å². The van der Waals surface area contributed by atoms with Gasteiger partial charge in [-0.3, -0.25) is 19.4 Å². The predicted molar refractivity (Wildman–Crippen MR) is 101 cm³/mol. The molecule has 9 nitrogen and oxygen atoms in total. The summed E-state index contributed by atoms with van der Waals surface area (Å²) in [5.41, 5.74) is -0.862. The predicted octanol–water partition coefficient (Wildman–Crippen LogP) is 0.589. The first kappa shape index (κ1) is 17.8. The van der Waals surface area contributed by atoms with Crippen molar-refractivity contribution >= 4 is 22.9 Å². The first-order chi connectivity index (χ1) is 13.5. The van der Waals surface area contributed by atoms with E-state index in [1.54, 1.807) is 37.3 Å². The molecule has 0 radical (unpaired) electrons. The number of benzene rings is 1. The summed E-state index contributed by atoms with van der Waals surface area (Å²) in [5, 5.41) is 5.53. The highest BCUT2D eigenvalue weighted by atomic mass is 16.3. The van der Waals surface area contributed by atoms with Gasteiger partial charge >= 0.3 is 5.69 Å². The van der Waals surface area contributed by atoms with Crippen LogP contribution in [0.5, 0.6) is 0 Å². The Morgan fingerprint density at radius 3 is 2.64 bits per heavy atom. The minimum absolute atomic E-state index is 0.0123. The summed E-state index contributed by atoms with van der Waals surface area (Å²) in [6.07, 6.45) is 0.835. The molecule has 2 aromatic heterocycles. The number of hydrogen-bond acceptors (Lipinski definition) is 5. The lowest BCUT2D eigenvalue weighted by Crippen LogP contribution is -2.48. The van der Waals surface area contributed by atoms with Gasteiger partial charge in [-0.1, -0.05) is 18.2 Å². The van der Waals surface area contributed by atoms with Crippen molar-refractivity contribution < 1.29 is 14.0 Å². The summed E-state index contributed by atoms with van der Waals surface area (Å²) >= 11 is 0. The number of hydrogen-bond donors (Lipinski definition) is 3. The van der Waals surface area contributed by atoms with E-state index in [-0.39, 0.29) is 34.4 Å². The number of amides is 2. The first-order valence-electron chi connectivity index (χ1n) is 8.87. The van der Waals surface area contributed by atoms with Gasteiger partial charge in [0, 0.05) is 19.0 Å². The highest BCUT2D eigenvalue weighted by Crippen LogP contribution is 2.21. The van der Waals surface area contributed by atoms with Crippen LogP contribution in [0.15, 0.2) is 44.3 Å². The number of H-pyrrole nitrogens is 1. The molecular weight excluding hydrogens is 364 g/mol. The van der Waals surface area contributed by atoms with E-state index in [0.29, 0.717) is 25.1 Å². The molecule has 1 saturated heterocycles. The van der Waals surface area contributed by atoms with Crippen LogP contribution in [-0.2, 0) is 4.79 Å². The average molecular weight is 382 g/mol. The molecule has 1 fully saturated rings. The Balaban J connectivity index is 1.80. The zero-order valence-electron chi connectivity index (χ0n) is 15.1. The second-order valence-corrected chi connectivity index (χ2v) is 6.66. The van der Waals surface area contributed by atoms with E-state index in [0.717, 1.165) is 4.57 Å². The van der Waals surface area contributed by atoms with Crippen molar-refractivity contribution in [1.82, 2.24) is 20.2 Å². The smallest absolute Gasteiger partial charge is 0.335 e. The van der Waals surface area contributed by atoms with Crippen molar-refractivity contribution in [2.45, 2.75) is 25.8 Å². The highest BCUT2D eigenvalue weighted by Gasteiger charge is 2.27. The van der Waals surface area contributed by atoms with Crippen molar-refractivity contribution in [2.24, 2.45) is 0 Å². The van der Waals surface area contributed by atoms with Gasteiger partial charge in [-0.25, -0.2) is 9.36 Å². The molecule has 0 bridgehead atoms. The number of carbonyl (C=O) groups excluding carboxylic acids is 2. The lowest BCUT2D eigenvalue weighted by molar-refractivity contribution is -0.122. The van der Waals surface area contributed by atoms with Crippen LogP contribution in [0.2, 0.25) is 0 Å². The Labute approximate surface area is 158 Å². The van der Waals surface area contributed by atoms with Gasteiger partial charge in [0.15, 0.2) is 0 Å².